The molecule has 0 saturated heterocycles. The molecular formula is C26H28N2O2. The Hall–Kier alpha value is -2.85. The van der Waals surface area contributed by atoms with Crippen molar-refractivity contribution < 1.29 is 9.53 Å². The van der Waals surface area contributed by atoms with Gasteiger partial charge in [-0.05, 0) is 60.9 Å². The fraction of sp³-hybridized carbons (Fsp3) is 0.346. The second kappa shape index (κ2) is 8.11. The molecule has 5 rings (SSSR count). The maximum absolute atomic E-state index is 13.3. The number of ether oxygens (including phenoxy) is 1. The predicted octanol–water partition coefficient (Wildman–Crippen LogP) is 5.08. The molecule has 1 N–H and O–H groups in total. The van der Waals surface area contributed by atoms with Crippen LogP contribution in [-0.2, 0) is 11.2 Å². The molecule has 3 aromatic rings. The van der Waals surface area contributed by atoms with Crippen LogP contribution < -0.4 is 0 Å². The van der Waals surface area contributed by atoms with Crippen LogP contribution in [0.2, 0.25) is 0 Å². The fourth-order valence-corrected chi connectivity index (χ4v) is 5.03. The van der Waals surface area contributed by atoms with Crippen LogP contribution in [-0.4, -0.2) is 41.6 Å². The number of carbonyl (C=O) groups is 1. The van der Waals surface area contributed by atoms with Gasteiger partial charge in [0.25, 0.3) is 5.91 Å². The van der Waals surface area contributed by atoms with Gasteiger partial charge in [0.1, 0.15) is 5.69 Å². The van der Waals surface area contributed by atoms with E-state index in [2.05, 4.69) is 35.3 Å². The van der Waals surface area contributed by atoms with E-state index in [1.165, 1.54) is 29.5 Å². The number of H-pyrrole nitrogens is 1. The number of fused-ring (bicyclic) bond motifs is 2. The van der Waals surface area contributed by atoms with E-state index in [9.17, 15) is 4.79 Å². The van der Waals surface area contributed by atoms with Crippen molar-refractivity contribution in [3.63, 3.8) is 0 Å². The summed E-state index contributed by atoms with van der Waals surface area (Å²) in [6, 6.07) is 18.7. The van der Waals surface area contributed by atoms with Crippen LogP contribution in [0.15, 0.2) is 66.2 Å². The highest BCUT2D eigenvalue weighted by molar-refractivity contribution is 5.98. The minimum atomic E-state index is -0.0192. The molecule has 1 aromatic heterocycles. The van der Waals surface area contributed by atoms with Crippen molar-refractivity contribution in [2.75, 3.05) is 19.8 Å². The summed E-state index contributed by atoms with van der Waals surface area (Å²) in [5.74, 6) is 0.597. The first-order valence-electron chi connectivity index (χ1n) is 11.0. The Morgan fingerprint density at radius 3 is 2.87 bits per heavy atom. The highest BCUT2D eigenvalue weighted by atomic mass is 16.5. The van der Waals surface area contributed by atoms with Crippen molar-refractivity contribution in [1.82, 2.24) is 9.88 Å². The molecule has 0 radical (unpaired) electrons. The second-order valence-electron chi connectivity index (χ2n) is 8.41. The van der Waals surface area contributed by atoms with Gasteiger partial charge >= 0.3 is 0 Å². The van der Waals surface area contributed by atoms with Crippen molar-refractivity contribution in [2.45, 2.75) is 38.1 Å². The molecule has 0 bridgehead atoms. The third kappa shape index (κ3) is 3.56. The van der Waals surface area contributed by atoms with Gasteiger partial charge in [0.15, 0.2) is 0 Å². The van der Waals surface area contributed by atoms with Crippen LogP contribution in [0.3, 0.4) is 0 Å². The van der Waals surface area contributed by atoms with Gasteiger partial charge in [0.2, 0.25) is 0 Å². The number of rotatable bonds is 5. The summed E-state index contributed by atoms with van der Waals surface area (Å²) in [5.41, 5.74) is 5.93. The zero-order chi connectivity index (χ0) is 20.5. The lowest BCUT2D eigenvalue weighted by Crippen LogP contribution is -2.43. The minimum absolute atomic E-state index is 0.0192. The molecular weight excluding hydrogens is 372 g/mol. The predicted molar refractivity (Wildman–Crippen MR) is 120 cm³/mol. The molecule has 0 unspecified atom stereocenters. The van der Waals surface area contributed by atoms with Gasteiger partial charge in [-0.2, -0.15) is 0 Å². The smallest absolute Gasteiger partial charge is 0.270 e. The summed E-state index contributed by atoms with van der Waals surface area (Å²) in [6.45, 7) is 3.92. The number of hydrogen-bond acceptors (Lipinski definition) is 2. The highest BCUT2D eigenvalue weighted by Crippen LogP contribution is 2.37. The Labute approximate surface area is 177 Å². The molecule has 1 aliphatic carbocycles. The summed E-state index contributed by atoms with van der Waals surface area (Å²) >= 11 is 0. The zero-order valence-electron chi connectivity index (χ0n) is 17.4. The number of nitrogens with zero attached hydrogens (tertiary/aromatic N) is 1. The SMILES string of the molecule is CCN(C(=O)c1cc2ccccc2[nH]1)[C@H]1C=C(C[C@@H]2CCc3ccccc32)COC1. The average Bonchev–Trinajstić information content (AvgIpc) is 3.39. The number of para-hydroxylation sites is 1. The first kappa shape index (κ1) is 19.1. The molecule has 0 fully saturated rings. The first-order chi connectivity index (χ1) is 14.7. The lowest BCUT2D eigenvalue weighted by molar-refractivity contribution is 0.0517. The average molecular weight is 401 g/mol. The van der Waals surface area contributed by atoms with Gasteiger partial charge in [-0.3, -0.25) is 4.79 Å². The maximum Gasteiger partial charge on any atom is 0.270 e. The molecule has 30 heavy (non-hydrogen) atoms. The summed E-state index contributed by atoms with van der Waals surface area (Å²) in [6.07, 6.45) is 5.67. The number of aryl methyl sites for hydroxylation is 1. The van der Waals surface area contributed by atoms with Gasteiger partial charge in [0, 0.05) is 17.4 Å². The Balaban J connectivity index is 1.35. The van der Waals surface area contributed by atoms with Crippen LogP contribution in [0, 0.1) is 0 Å². The number of nitrogens with one attached hydrogen (secondary N) is 1. The van der Waals surface area contributed by atoms with Crippen LogP contribution in [0.5, 0.6) is 0 Å². The van der Waals surface area contributed by atoms with Gasteiger partial charge in [-0.15, -0.1) is 0 Å². The monoisotopic (exact) mass is 400 g/mol. The Kier molecular flexibility index (Phi) is 5.17. The zero-order valence-corrected chi connectivity index (χ0v) is 17.4. The van der Waals surface area contributed by atoms with E-state index in [-0.39, 0.29) is 11.9 Å². The number of hydrogen-bond donors (Lipinski definition) is 1. The number of aromatic nitrogens is 1. The lowest BCUT2D eigenvalue weighted by Gasteiger charge is -2.32. The number of carbonyl (C=O) groups excluding carboxylic acids is 1. The molecule has 2 aromatic carbocycles. The van der Waals surface area contributed by atoms with E-state index in [4.69, 9.17) is 4.74 Å². The third-order valence-electron chi connectivity index (χ3n) is 6.53. The molecule has 2 aliphatic rings. The summed E-state index contributed by atoms with van der Waals surface area (Å²) in [5, 5.41) is 1.06. The maximum atomic E-state index is 13.3. The summed E-state index contributed by atoms with van der Waals surface area (Å²) in [7, 11) is 0. The Morgan fingerprint density at radius 1 is 1.17 bits per heavy atom. The molecule has 2 atom stereocenters. The van der Waals surface area contributed by atoms with Crippen molar-refractivity contribution >= 4 is 16.8 Å². The largest absolute Gasteiger partial charge is 0.375 e. The van der Waals surface area contributed by atoms with Crippen molar-refractivity contribution in [1.29, 1.82) is 0 Å². The normalized spacial score (nSPS) is 20.8. The van der Waals surface area contributed by atoms with E-state index in [0.717, 1.165) is 17.3 Å². The van der Waals surface area contributed by atoms with E-state index < -0.39 is 0 Å². The van der Waals surface area contributed by atoms with Crippen molar-refractivity contribution in [3.8, 4) is 0 Å². The molecule has 1 amide bonds. The van der Waals surface area contributed by atoms with Gasteiger partial charge in [-0.25, -0.2) is 0 Å². The van der Waals surface area contributed by atoms with Crippen LogP contribution in [0.4, 0.5) is 0 Å². The number of aromatic amines is 1. The first-order valence-corrected chi connectivity index (χ1v) is 11.0. The Morgan fingerprint density at radius 2 is 2.00 bits per heavy atom. The fourth-order valence-electron chi connectivity index (χ4n) is 5.03. The Bertz CT molecular complexity index is 1060. The molecule has 0 spiro atoms. The topological polar surface area (TPSA) is 45.3 Å². The molecule has 1 aliphatic heterocycles. The number of amides is 1. The number of benzene rings is 2. The molecule has 4 nitrogen and oxygen atoms in total. The quantitative estimate of drug-likeness (QED) is 0.608. The van der Waals surface area contributed by atoms with E-state index in [1.54, 1.807) is 0 Å². The van der Waals surface area contributed by atoms with Crippen LogP contribution >= 0.6 is 0 Å². The minimum Gasteiger partial charge on any atom is -0.375 e. The van der Waals surface area contributed by atoms with Crippen LogP contribution in [0.1, 0.15) is 47.3 Å². The third-order valence-corrected chi connectivity index (χ3v) is 6.53. The second-order valence-corrected chi connectivity index (χ2v) is 8.41. The van der Waals surface area contributed by atoms with Crippen molar-refractivity contribution in [3.05, 3.63) is 83.1 Å². The lowest BCUT2D eigenvalue weighted by atomic mass is 9.92. The van der Waals surface area contributed by atoms with E-state index in [0.29, 0.717) is 31.4 Å². The molecule has 4 heteroatoms. The van der Waals surface area contributed by atoms with Gasteiger partial charge in [0.05, 0.1) is 19.3 Å². The molecule has 0 saturated carbocycles. The van der Waals surface area contributed by atoms with E-state index >= 15 is 0 Å². The van der Waals surface area contributed by atoms with Gasteiger partial charge < -0.3 is 14.6 Å². The summed E-state index contributed by atoms with van der Waals surface area (Å²) in [4.78, 5) is 18.5. The molecule has 2 heterocycles. The van der Waals surface area contributed by atoms with Crippen molar-refractivity contribution in [2.24, 2.45) is 0 Å². The number of likely N-dealkylation sites (N-methyl/N-ethyl adjacent to an activating group) is 1. The summed E-state index contributed by atoms with van der Waals surface area (Å²) < 4.78 is 5.95. The van der Waals surface area contributed by atoms with Crippen LogP contribution in [0.25, 0.3) is 10.9 Å². The van der Waals surface area contributed by atoms with Gasteiger partial charge in [-0.1, -0.05) is 48.5 Å². The standard InChI is InChI=1S/C26H28N2O2/c1-2-28(26(29)25-15-21-8-4-6-10-24(21)27-25)22-14-18(16-30-17-22)13-20-12-11-19-7-3-5-9-23(19)20/h3-10,14-15,20,22,27H,2,11-13,16-17H2,1H3/t20-,22-/m0/s1. The molecule has 154 valence electrons. The highest BCUT2D eigenvalue weighted by Gasteiger charge is 2.28. The van der Waals surface area contributed by atoms with E-state index in [1.807, 2.05) is 42.2 Å².